The van der Waals surface area contributed by atoms with Crippen LogP contribution in [-0.2, 0) is 24.2 Å². The average Bonchev–Trinajstić information content (AvgIpc) is 2.94. The molecule has 0 saturated carbocycles. The highest BCUT2D eigenvalue weighted by atomic mass is 32.3. The highest BCUT2D eigenvalue weighted by Gasteiger charge is 2.01. The molecule has 45 heavy (non-hydrogen) atoms. The number of hydrogen-bond acceptors (Lipinski definition) is 8. The minimum atomic E-state index is -4.17. The molecular weight excluding hydrogens is 598 g/mol. The van der Waals surface area contributed by atoms with Crippen LogP contribution in [0.25, 0.3) is 0 Å². The van der Waals surface area contributed by atoms with Gasteiger partial charge in [0.1, 0.15) is 0 Å². The summed E-state index contributed by atoms with van der Waals surface area (Å²) in [5.74, 6) is -2.51. The van der Waals surface area contributed by atoms with E-state index in [1.165, 1.54) is 6.92 Å². The molecule has 0 radical (unpaired) electrons. The highest BCUT2D eigenvalue weighted by molar-refractivity contribution is 7.80. The van der Waals surface area contributed by atoms with Crippen molar-refractivity contribution >= 4 is 22.3 Å². The molecule has 0 spiro atoms. The standard InChI is InChI=1S/3C9H17N.C4H4O4.C2H6O4S/c3*1-4-7-9(8-5-2)10-6-3;5-3(6)1-2-4(7)8;1-2-6-7(3,4)5/h3*4-5,9-10H,1-2,6-8H2,3H3;1-2H,(H,5,6)(H,7,8);2H2,1H3,(H,3,4,5)/b;;;2-1-;. The topological polar surface area (TPSA) is 174 Å². The Labute approximate surface area is 273 Å². The van der Waals surface area contributed by atoms with Crippen molar-refractivity contribution < 1.29 is 37.0 Å². The maximum absolute atomic E-state index is 9.56. The number of carbonyl (C=O) groups is 2. The van der Waals surface area contributed by atoms with Crippen LogP contribution >= 0.6 is 0 Å². The Morgan fingerprint density at radius 3 is 0.911 bits per heavy atom. The molecule has 0 unspecified atom stereocenters. The second-order valence-electron chi connectivity index (χ2n) is 8.75. The van der Waals surface area contributed by atoms with Crippen molar-refractivity contribution in [2.24, 2.45) is 0 Å². The molecule has 11 nitrogen and oxygen atoms in total. The van der Waals surface area contributed by atoms with Crippen LogP contribution in [0.1, 0.15) is 66.2 Å². The summed E-state index contributed by atoms with van der Waals surface area (Å²) in [7, 11) is -4.17. The van der Waals surface area contributed by atoms with Gasteiger partial charge in [0.25, 0.3) is 0 Å². The van der Waals surface area contributed by atoms with E-state index in [0.29, 0.717) is 30.3 Å². The van der Waals surface area contributed by atoms with Gasteiger partial charge in [-0.15, -0.1) is 39.5 Å². The van der Waals surface area contributed by atoms with Gasteiger partial charge in [-0.05, 0) is 65.1 Å². The number of carboxylic acid groups (broad SMARTS) is 2. The minimum Gasteiger partial charge on any atom is -0.478 e. The van der Waals surface area contributed by atoms with Gasteiger partial charge in [-0.2, -0.15) is 8.42 Å². The number of hydrogen-bond donors (Lipinski definition) is 6. The van der Waals surface area contributed by atoms with Crippen molar-refractivity contribution in [2.45, 2.75) is 84.3 Å². The fourth-order valence-electron chi connectivity index (χ4n) is 3.15. The van der Waals surface area contributed by atoms with Gasteiger partial charge in [0.2, 0.25) is 0 Å². The van der Waals surface area contributed by atoms with Gasteiger partial charge in [-0.3, -0.25) is 4.55 Å². The van der Waals surface area contributed by atoms with Gasteiger partial charge < -0.3 is 26.2 Å². The molecule has 12 heteroatoms. The fourth-order valence-corrected chi connectivity index (χ4v) is 3.45. The van der Waals surface area contributed by atoms with E-state index in [9.17, 15) is 18.0 Å². The van der Waals surface area contributed by atoms with Gasteiger partial charge in [-0.25, -0.2) is 13.8 Å². The van der Waals surface area contributed by atoms with Crippen LogP contribution in [0, 0.1) is 0 Å². The zero-order valence-electron chi connectivity index (χ0n) is 28.0. The molecule has 0 aromatic carbocycles. The quantitative estimate of drug-likeness (QED) is 0.0465. The first kappa shape index (κ1) is 51.4. The van der Waals surface area contributed by atoms with Gasteiger partial charge in [0.05, 0.1) is 6.61 Å². The van der Waals surface area contributed by atoms with Crippen LogP contribution in [0.15, 0.2) is 88.1 Å². The maximum Gasteiger partial charge on any atom is 0.397 e. The highest BCUT2D eigenvalue weighted by Crippen LogP contribution is 1.99. The van der Waals surface area contributed by atoms with Gasteiger partial charge in [0, 0.05) is 30.3 Å². The molecule has 0 aliphatic carbocycles. The number of rotatable bonds is 22. The lowest BCUT2D eigenvalue weighted by atomic mass is 10.1. The Bertz CT molecular complexity index is 798. The predicted octanol–water partition coefficient (Wildman–Crippen LogP) is 5.89. The first-order chi connectivity index (χ1) is 21.2. The molecule has 0 heterocycles. The number of nitrogens with one attached hydrogen (secondary N) is 3. The Kier molecular flexibility index (Phi) is 46.7. The van der Waals surface area contributed by atoms with E-state index < -0.39 is 22.3 Å². The lowest BCUT2D eigenvalue weighted by molar-refractivity contribution is -0.134. The molecule has 0 bridgehead atoms. The Morgan fingerprint density at radius 1 is 0.600 bits per heavy atom. The van der Waals surface area contributed by atoms with E-state index in [-0.39, 0.29) is 6.61 Å². The molecule has 0 aromatic rings. The van der Waals surface area contributed by atoms with Crippen molar-refractivity contribution in [1.29, 1.82) is 0 Å². The lowest BCUT2D eigenvalue weighted by Crippen LogP contribution is -2.27. The third kappa shape index (κ3) is 57.2. The van der Waals surface area contributed by atoms with Crippen LogP contribution in [0.4, 0.5) is 0 Å². The molecule has 6 N–H and O–H groups in total. The van der Waals surface area contributed by atoms with E-state index in [1.807, 2.05) is 36.5 Å². The summed E-state index contributed by atoms with van der Waals surface area (Å²) in [4.78, 5) is 19.1. The SMILES string of the molecule is C=CCC(CC=C)NCC.C=CCC(CC=C)NCC.C=CCC(CC=C)NCC.CCOS(=O)(=O)O.O=C(O)/C=C\C(=O)O. The maximum atomic E-state index is 9.56. The third-order valence-corrected chi connectivity index (χ3v) is 5.35. The molecule has 262 valence electrons. The first-order valence-electron chi connectivity index (χ1n) is 14.8. The molecule has 0 saturated heterocycles. The van der Waals surface area contributed by atoms with Crippen LogP contribution in [-0.4, -0.2) is 79.5 Å². The molecule has 0 fully saturated rings. The van der Waals surface area contributed by atoms with Crippen molar-refractivity contribution in [3.63, 3.8) is 0 Å². The lowest BCUT2D eigenvalue weighted by Gasteiger charge is -2.12. The second kappa shape index (κ2) is 40.9. The molecular formula is C33H61N3O8S. The normalized spacial score (nSPS) is 10.0. The largest absolute Gasteiger partial charge is 0.478 e. The summed E-state index contributed by atoms with van der Waals surface area (Å²) in [5, 5.41) is 25.7. The third-order valence-electron chi connectivity index (χ3n) is 4.82. The van der Waals surface area contributed by atoms with E-state index >= 15 is 0 Å². The van der Waals surface area contributed by atoms with Gasteiger partial charge in [-0.1, -0.05) is 57.2 Å². The van der Waals surface area contributed by atoms with Crippen molar-refractivity contribution in [1.82, 2.24) is 16.0 Å². The summed E-state index contributed by atoms with van der Waals surface area (Å²) >= 11 is 0. The zero-order chi connectivity index (χ0) is 35.9. The smallest absolute Gasteiger partial charge is 0.397 e. The van der Waals surface area contributed by atoms with E-state index in [0.717, 1.165) is 58.2 Å². The van der Waals surface area contributed by atoms with Gasteiger partial charge in [0.15, 0.2) is 0 Å². The summed E-state index contributed by atoms with van der Waals surface area (Å²) < 4.78 is 30.7. The fraction of sp³-hybridized carbons (Fsp3) is 0.515. The van der Waals surface area contributed by atoms with Crippen LogP contribution in [0.2, 0.25) is 0 Å². The summed E-state index contributed by atoms with van der Waals surface area (Å²) in [6.07, 6.45) is 18.9. The first-order valence-corrected chi connectivity index (χ1v) is 16.2. The minimum absolute atomic E-state index is 0.0289. The molecule has 0 atom stereocenters. The summed E-state index contributed by atoms with van der Waals surface area (Å²) in [6.45, 7) is 33.0. The number of aliphatic carboxylic acids is 2. The molecule has 0 rings (SSSR count). The van der Waals surface area contributed by atoms with Crippen LogP contribution in [0.3, 0.4) is 0 Å². The predicted molar refractivity (Wildman–Crippen MR) is 189 cm³/mol. The van der Waals surface area contributed by atoms with E-state index in [2.05, 4.69) is 80.4 Å². The number of carboxylic acids is 2. The second-order valence-corrected chi connectivity index (χ2v) is 9.85. The summed E-state index contributed by atoms with van der Waals surface area (Å²) in [5.41, 5.74) is 0. The van der Waals surface area contributed by atoms with Crippen LogP contribution in [0.5, 0.6) is 0 Å². The Balaban J connectivity index is -0.000000149. The Hall–Kier alpha value is -3.13. The average molecular weight is 660 g/mol. The van der Waals surface area contributed by atoms with Crippen molar-refractivity contribution in [3.05, 3.63) is 88.1 Å². The molecule has 0 amide bonds. The zero-order valence-corrected chi connectivity index (χ0v) is 28.8. The van der Waals surface area contributed by atoms with Gasteiger partial charge >= 0.3 is 22.3 Å². The monoisotopic (exact) mass is 659 g/mol. The molecule has 0 aromatic heterocycles. The van der Waals surface area contributed by atoms with Crippen LogP contribution < -0.4 is 16.0 Å². The Morgan fingerprint density at radius 2 is 0.822 bits per heavy atom. The van der Waals surface area contributed by atoms with E-state index in [4.69, 9.17) is 14.8 Å². The molecule has 0 aliphatic rings. The van der Waals surface area contributed by atoms with Crippen molar-refractivity contribution in [2.75, 3.05) is 26.2 Å². The molecule has 0 aliphatic heterocycles. The van der Waals surface area contributed by atoms with Crippen molar-refractivity contribution in [3.8, 4) is 0 Å². The van der Waals surface area contributed by atoms with E-state index in [1.54, 1.807) is 0 Å². The summed E-state index contributed by atoms with van der Waals surface area (Å²) in [6, 6.07) is 1.62.